The fraction of sp³-hybridized carbons (Fsp3) is 0.533. The van der Waals surface area contributed by atoms with Crippen LogP contribution in [0.25, 0.3) is 0 Å². The number of methoxy groups -OCH3 is 1. The van der Waals surface area contributed by atoms with E-state index in [9.17, 15) is 9.59 Å². The molecule has 2 aliphatic rings. The predicted molar refractivity (Wildman–Crippen MR) is 150 cm³/mol. The van der Waals surface area contributed by atoms with E-state index in [0.717, 1.165) is 32.1 Å². The van der Waals surface area contributed by atoms with Crippen molar-refractivity contribution in [3.63, 3.8) is 0 Å². The zero-order valence-corrected chi connectivity index (χ0v) is 23.6. The predicted octanol–water partition coefficient (Wildman–Crippen LogP) is 5.27. The first kappa shape index (κ1) is 28.9. The topological polar surface area (TPSA) is 86.3 Å². The molecule has 0 bridgehead atoms. The number of carbonyl (C=O) groups is 2. The Bertz CT molecular complexity index is 1100. The van der Waals surface area contributed by atoms with Gasteiger partial charge in [0.1, 0.15) is 18.5 Å². The minimum absolute atomic E-state index is 0.0608. The molecule has 0 radical (unpaired) electrons. The SMILES string of the molecule is CCCOc1ccc([C@@H](C(=O)NC2CCCCCC2)N(C[C@H]2COc3ccccc3O2)C(=O)CCl)cc1OC. The molecule has 1 aliphatic carbocycles. The van der Waals surface area contributed by atoms with Crippen molar-refractivity contribution < 1.29 is 28.5 Å². The zero-order valence-electron chi connectivity index (χ0n) is 22.8. The van der Waals surface area contributed by atoms with Crippen molar-refractivity contribution in [3.05, 3.63) is 48.0 Å². The Morgan fingerprint density at radius 2 is 1.82 bits per heavy atom. The number of halogens is 1. The van der Waals surface area contributed by atoms with Gasteiger partial charge in [-0.05, 0) is 49.1 Å². The van der Waals surface area contributed by atoms with Crippen LogP contribution in [0, 0.1) is 0 Å². The average Bonchev–Trinajstić information content (AvgIpc) is 3.24. The molecule has 1 fully saturated rings. The Hall–Kier alpha value is -3.13. The number of ether oxygens (including phenoxy) is 4. The van der Waals surface area contributed by atoms with Crippen LogP contribution in [0.15, 0.2) is 42.5 Å². The molecule has 1 saturated carbocycles. The summed E-state index contributed by atoms with van der Waals surface area (Å²) in [6, 6.07) is 11.9. The first-order valence-electron chi connectivity index (χ1n) is 13.9. The van der Waals surface area contributed by atoms with Crippen LogP contribution in [-0.2, 0) is 9.59 Å². The lowest BCUT2D eigenvalue weighted by molar-refractivity contribution is -0.141. The molecule has 2 amide bonds. The fourth-order valence-electron chi connectivity index (χ4n) is 5.16. The fourth-order valence-corrected chi connectivity index (χ4v) is 5.32. The quantitative estimate of drug-likeness (QED) is 0.299. The van der Waals surface area contributed by atoms with E-state index in [-0.39, 0.29) is 36.9 Å². The molecular weight excluding hydrogens is 520 g/mol. The number of para-hydroxylation sites is 2. The van der Waals surface area contributed by atoms with Gasteiger partial charge in [0.15, 0.2) is 29.1 Å². The second kappa shape index (κ2) is 14.3. The first-order chi connectivity index (χ1) is 19.0. The highest BCUT2D eigenvalue weighted by Crippen LogP contribution is 2.35. The standard InChI is InChI=1S/C30H39ClN2O6/c1-3-16-37-25-15-14-21(17-27(25)36-2)29(30(35)32-22-10-6-4-5-7-11-22)33(28(34)18-31)19-23-20-38-24-12-8-9-13-26(24)39-23/h8-9,12-15,17,22-23,29H,3-7,10-11,16,18-20H2,1-2H3,(H,32,35)/t23-,29-/m0/s1. The lowest BCUT2D eigenvalue weighted by atomic mass is 10.0. The highest BCUT2D eigenvalue weighted by atomic mass is 35.5. The monoisotopic (exact) mass is 558 g/mol. The molecule has 212 valence electrons. The molecule has 1 aliphatic heterocycles. The van der Waals surface area contributed by atoms with Crippen LogP contribution >= 0.6 is 11.6 Å². The number of nitrogens with zero attached hydrogens (tertiary/aromatic N) is 1. The molecule has 0 aromatic heterocycles. The minimum Gasteiger partial charge on any atom is -0.493 e. The van der Waals surface area contributed by atoms with Gasteiger partial charge >= 0.3 is 0 Å². The molecule has 0 spiro atoms. The Balaban J connectivity index is 1.65. The number of benzene rings is 2. The molecule has 2 aromatic rings. The molecule has 2 aromatic carbocycles. The third kappa shape index (κ3) is 7.50. The van der Waals surface area contributed by atoms with Crippen LogP contribution in [0.2, 0.25) is 0 Å². The van der Waals surface area contributed by atoms with Crippen LogP contribution in [0.4, 0.5) is 0 Å². The van der Waals surface area contributed by atoms with Crippen molar-refractivity contribution >= 4 is 23.4 Å². The third-order valence-corrected chi connectivity index (χ3v) is 7.36. The Kier molecular flexibility index (Phi) is 10.6. The number of alkyl halides is 1. The van der Waals surface area contributed by atoms with Gasteiger partial charge in [0.2, 0.25) is 11.8 Å². The maximum atomic E-state index is 14.0. The van der Waals surface area contributed by atoms with Gasteiger partial charge in [0, 0.05) is 6.04 Å². The Morgan fingerprint density at radius 1 is 1.08 bits per heavy atom. The Morgan fingerprint density at radius 3 is 2.51 bits per heavy atom. The van der Waals surface area contributed by atoms with E-state index in [0.29, 0.717) is 35.2 Å². The summed E-state index contributed by atoms with van der Waals surface area (Å²) in [5.74, 6) is 1.45. The van der Waals surface area contributed by atoms with Crippen molar-refractivity contribution in [2.24, 2.45) is 0 Å². The summed E-state index contributed by atoms with van der Waals surface area (Å²) in [5, 5.41) is 3.24. The van der Waals surface area contributed by atoms with Gasteiger partial charge in [0.25, 0.3) is 0 Å². The zero-order chi connectivity index (χ0) is 27.6. The highest BCUT2D eigenvalue weighted by molar-refractivity contribution is 6.27. The van der Waals surface area contributed by atoms with Crippen molar-refractivity contribution in [1.29, 1.82) is 0 Å². The Labute approximate surface area is 235 Å². The number of nitrogens with one attached hydrogen (secondary N) is 1. The largest absolute Gasteiger partial charge is 0.493 e. The van der Waals surface area contributed by atoms with E-state index >= 15 is 0 Å². The minimum atomic E-state index is -0.936. The molecule has 4 rings (SSSR count). The lowest BCUT2D eigenvalue weighted by Crippen LogP contribution is -2.51. The van der Waals surface area contributed by atoms with Gasteiger partial charge in [0.05, 0.1) is 20.3 Å². The molecule has 9 heteroatoms. The number of carbonyl (C=O) groups excluding carboxylic acids is 2. The number of rotatable bonds is 11. The normalized spacial score (nSPS) is 18.0. The van der Waals surface area contributed by atoms with Crippen molar-refractivity contribution in [2.75, 3.05) is 32.7 Å². The molecular formula is C30H39ClN2O6. The number of amides is 2. The molecule has 1 N–H and O–H groups in total. The van der Waals surface area contributed by atoms with E-state index in [4.69, 9.17) is 30.5 Å². The lowest BCUT2D eigenvalue weighted by Gasteiger charge is -2.36. The number of fused-ring (bicyclic) bond motifs is 1. The van der Waals surface area contributed by atoms with Gasteiger partial charge < -0.3 is 29.2 Å². The van der Waals surface area contributed by atoms with Crippen molar-refractivity contribution in [2.45, 2.75) is 70.1 Å². The van der Waals surface area contributed by atoms with Crippen LogP contribution in [0.5, 0.6) is 23.0 Å². The molecule has 0 saturated heterocycles. The summed E-state index contributed by atoms with van der Waals surface area (Å²) in [6.07, 6.45) is 6.70. The smallest absolute Gasteiger partial charge is 0.247 e. The van der Waals surface area contributed by atoms with E-state index in [1.54, 1.807) is 19.2 Å². The van der Waals surface area contributed by atoms with Gasteiger partial charge in [-0.3, -0.25) is 9.59 Å². The van der Waals surface area contributed by atoms with Crippen molar-refractivity contribution in [3.8, 4) is 23.0 Å². The van der Waals surface area contributed by atoms with Crippen LogP contribution < -0.4 is 24.3 Å². The molecule has 8 nitrogen and oxygen atoms in total. The van der Waals surface area contributed by atoms with E-state index < -0.39 is 12.1 Å². The molecule has 39 heavy (non-hydrogen) atoms. The molecule has 1 heterocycles. The first-order valence-corrected chi connectivity index (χ1v) is 14.4. The van der Waals surface area contributed by atoms with Crippen LogP contribution in [0.1, 0.15) is 63.5 Å². The third-order valence-electron chi connectivity index (χ3n) is 7.13. The summed E-state index contributed by atoms with van der Waals surface area (Å²) in [7, 11) is 1.56. The van der Waals surface area contributed by atoms with Gasteiger partial charge in [-0.25, -0.2) is 0 Å². The highest BCUT2D eigenvalue weighted by Gasteiger charge is 2.36. The van der Waals surface area contributed by atoms with Gasteiger partial charge in [-0.2, -0.15) is 0 Å². The number of hydrogen-bond acceptors (Lipinski definition) is 6. The van der Waals surface area contributed by atoms with Gasteiger partial charge in [-0.15, -0.1) is 11.6 Å². The van der Waals surface area contributed by atoms with E-state index in [2.05, 4.69) is 5.32 Å². The summed E-state index contributed by atoms with van der Waals surface area (Å²) < 4.78 is 23.5. The average molecular weight is 559 g/mol. The van der Waals surface area contributed by atoms with Crippen LogP contribution in [-0.4, -0.2) is 61.6 Å². The maximum Gasteiger partial charge on any atom is 0.247 e. The molecule has 0 unspecified atom stereocenters. The summed E-state index contributed by atoms with van der Waals surface area (Å²) in [6.45, 7) is 2.94. The maximum absolute atomic E-state index is 14.0. The van der Waals surface area contributed by atoms with Crippen LogP contribution in [0.3, 0.4) is 0 Å². The summed E-state index contributed by atoms with van der Waals surface area (Å²) in [5.41, 5.74) is 0.609. The molecule has 2 atom stereocenters. The van der Waals surface area contributed by atoms with Crippen molar-refractivity contribution in [1.82, 2.24) is 10.2 Å². The van der Waals surface area contributed by atoms with E-state index in [1.165, 1.54) is 17.7 Å². The summed E-state index contributed by atoms with van der Waals surface area (Å²) >= 11 is 6.10. The summed E-state index contributed by atoms with van der Waals surface area (Å²) in [4.78, 5) is 28.8. The second-order valence-electron chi connectivity index (χ2n) is 10.0. The van der Waals surface area contributed by atoms with Gasteiger partial charge in [-0.1, -0.05) is 50.8 Å². The van der Waals surface area contributed by atoms with E-state index in [1.807, 2.05) is 37.3 Å². The second-order valence-corrected chi connectivity index (χ2v) is 10.3. The number of hydrogen-bond donors (Lipinski definition) is 1.